The predicted octanol–water partition coefficient (Wildman–Crippen LogP) is 1.75. The fraction of sp³-hybridized carbons (Fsp3) is 0.545. The van der Waals surface area contributed by atoms with E-state index in [9.17, 15) is 4.79 Å². The number of hydrogen-bond donors (Lipinski definition) is 1. The third kappa shape index (κ3) is 3.58. The van der Waals surface area contributed by atoms with E-state index in [1.54, 1.807) is 18.0 Å². The molecule has 0 unspecified atom stereocenters. The SMILES string of the molecule is CC[C@H](C)N(C)C(=O)Nc1cc(OC)ncn1. The van der Waals surface area contributed by atoms with Crippen molar-refractivity contribution < 1.29 is 9.53 Å². The van der Waals surface area contributed by atoms with E-state index in [0.717, 1.165) is 6.42 Å². The average molecular weight is 238 g/mol. The Kier molecular flexibility index (Phi) is 4.68. The van der Waals surface area contributed by atoms with Crippen LogP contribution >= 0.6 is 0 Å². The van der Waals surface area contributed by atoms with Gasteiger partial charge in [-0.05, 0) is 13.3 Å². The van der Waals surface area contributed by atoms with Gasteiger partial charge in [0.2, 0.25) is 5.88 Å². The van der Waals surface area contributed by atoms with Crippen molar-refractivity contribution in [2.24, 2.45) is 0 Å². The van der Waals surface area contributed by atoms with Gasteiger partial charge in [0, 0.05) is 19.2 Å². The summed E-state index contributed by atoms with van der Waals surface area (Å²) >= 11 is 0. The zero-order chi connectivity index (χ0) is 12.8. The Balaban J connectivity index is 2.67. The molecule has 1 heterocycles. The molecule has 94 valence electrons. The van der Waals surface area contributed by atoms with Crippen LogP contribution in [-0.2, 0) is 0 Å². The lowest BCUT2D eigenvalue weighted by Gasteiger charge is -2.23. The molecule has 6 nitrogen and oxygen atoms in total. The number of carbonyl (C=O) groups is 1. The quantitative estimate of drug-likeness (QED) is 0.867. The molecule has 0 aliphatic heterocycles. The second-order valence-electron chi connectivity index (χ2n) is 3.74. The van der Waals surface area contributed by atoms with Crippen LogP contribution in [0.3, 0.4) is 0 Å². The van der Waals surface area contributed by atoms with Gasteiger partial charge in [-0.2, -0.15) is 0 Å². The summed E-state index contributed by atoms with van der Waals surface area (Å²) in [4.78, 5) is 21.3. The van der Waals surface area contributed by atoms with Gasteiger partial charge in [0.15, 0.2) is 0 Å². The van der Waals surface area contributed by atoms with Crippen LogP contribution in [0.2, 0.25) is 0 Å². The van der Waals surface area contributed by atoms with Crippen molar-refractivity contribution in [1.82, 2.24) is 14.9 Å². The van der Waals surface area contributed by atoms with Crippen molar-refractivity contribution >= 4 is 11.8 Å². The first kappa shape index (κ1) is 13.2. The Morgan fingerprint density at radius 2 is 2.29 bits per heavy atom. The second kappa shape index (κ2) is 6.03. The molecule has 0 saturated carbocycles. The summed E-state index contributed by atoms with van der Waals surface area (Å²) in [6.45, 7) is 4.02. The lowest BCUT2D eigenvalue weighted by Crippen LogP contribution is -2.38. The number of nitrogens with zero attached hydrogens (tertiary/aromatic N) is 3. The highest BCUT2D eigenvalue weighted by molar-refractivity contribution is 5.88. The van der Waals surface area contributed by atoms with Crippen LogP contribution in [0.1, 0.15) is 20.3 Å². The van der Waals surface area contributed by atoms with Crippen LogP contribution in [0.4, 0.5) is 10.6 Å². The molecule has 0 spiro atoms. The number of urea groups is 1. The van der Waals surface area contributed by atoms with Gasteiger partial charge >= 0.3 is 6.03 Å². The molecule has 1 rings (SSSR count). The third-order valence-corrected chi connectivity index (χ3v) is 2.66. The monoisotopic (exact) mass is 238 g/mol. The topological polar surface area (TPSA) is 67.4 Å². The Hall–Kier alpha value is -1.85. The van der Waals surface area contributed by atoms with E-state index in [0.29, 0.717) is 11.7 Å². The summed E-state index contributed by atoms with van der Waals surface area (Å²) in [5.74, 6) is 0.846. The van der Waals surface area contributed by atoms with Crippen LogP contribution in [0, 0.1) is 0 Å². The second-order valence-corrected chi connectivity index (χ2v) is 3.74. The van der Waals surface area contributed by atoms with Gasteiger partial charge in [0.1, 0.15) is 12.1 Å². The van der Waals surface area contributed by atoms with Crippen molar-refractivity contribution in [3.63, 3.8) is 0 Å². The molecule has 0 bridgehead atoms. The summed E-state index contributed by atoms with van der Waals surface area (Å²) in [6, 6.07) is 1.56. The minimum absolute atomic E-state index is 0.179. The van der Waals surface area contributed by atoms with Gasteiger partial charge in [-0.25, -0.2) is 14.8 Å². The molecule has 0 saturated heterocycles. The average Bonchev–Trinajstić information content (AvgIpc) is 2.37. The van der Waals surface area contributed by atoms with Crippen molar-refractivity contribution in [3.8, 4) is 5.88 Å². The molecule has 2 amide bonds. The fourth-order valence-electron chi connectivity index (χ4n) is 1.19. The van der Waals surface area contributed by atoms with Crippen molar-refractivity contribution in [2.75, 3.05) is 19.5 Å². The van der Waals surface area contributed by atoms with Gasteiger partial charge in [-0.1, -0.05) is 6.92 Å². The van der Waals surface area contributed by atoms with E-state index >= 15 is 0 Å². The molecule has 1 aromatic rings. The number of nitrogens with one attached hydrogen (secondary N) is 1. The van der Waals surface area contributed by atoms with E-state index in [1.165, 1.54) is 13.4 Å². The standard InChI is InChI=1S/C11H18N4O2/c1-5-8(2)15(3)11(16)14-9-6-10(17-4)13-7-12-9/h6-8H,5H2,1-4H3,(H,12,13,14,16)/t8-/m0/s1. The van der Waals surface area contributed by atoms with Crippen LogP contribution in [0.25, 0.3) is 0 Å². The van der Waals surface area contributed by atoms with E-state index in [1.807, 2.05) is 13.8 Å². The molecule has 0 aliphatic carbocycles. The van der Waals surface area contributed by atoms with E-state index in [2.05, 4.69) is 15.3 Å². The minimum Gasteiger partial charge on any atom is -0.481 e. The Labute approximate surface area is 101 Å². The molecule has 1 N–H and O–H groups in total. The number of methoxy groups -OCH3 is 1. The number of aromatic nitrogens is 2. The summed E-state index contributed by atoms with van der Waals surface area (Å²) in [6.07, 6.45) is 2.24. The van der Waals surface area contributed by atoms with Gasteiger partial charge in [0.25, 0.3) is 0 Å². The summed E-state index contributed by atoms with van der Waals surface area (Å²) in [7, 11) is 3.27. The van der Waals surface area contributed by atoms with Gasteiger partial charge in [-0.3, -0.25) is 5.32 Å². The number of rotatable bonds is 4. The lowest BCUT2D eigenvalue weighted by molar-refractivity contribution is 0.206. The van der Waals surface area contributed by atoms with Crippen LogP contribution in [-0.4, -0.2) is 41.1 Å². The zero-order valence-electron chi connectivity index (χ0n) is 10.6. The van der Waals surface area contributed by atoms with E-state index in [-0.39, 0.29) is 12.1 Å². The number of amides is 2. The molecule has 1 aromatic heterocycles. The molecule has 0 aliphatic rings. The summed E-state index contributed by atoms with van der Waals surface area (Å²) < 4.78 is 4.95. The van der Waals surface area contributed by atoms with Crippen molar-refractivity contribution in [2.45, 2.75) is 26.3 Å². The van der Waals surface area contributed by atoms with Gasteiger partial charge in [0.05, 0.1) is 7.11 Å². The maximum absolute atomic E-state index is 11.8. The molecule has 6 heteroatoms. The van der Waals surface area contributed by atoms with E-state index in [4.69, 9.17) is 4.74 Å². The molecule has 17 heavy (non-hydrogen) atoms. The van der Waals surface area contributed by atoms with Crippen molar-refractivity contribution in [3.05, 3.63) is 12.4 Å². The smallest absolute Gasteiger partial charge is 0.322 e. The Morgan fingerprint density at radius 3 is 2.88 bits per heavy atom. The first-order valence-corrected chi connectivity index (χ1v) is 5.48. The Bertz CT molecular complexity index is 383. The highest BCUT2D eigenvalue weighted by Crippen LogP contribution is 2.11. The molecule has 0 fully saturated rings. The van der Waals surface area contributed by atoms with Gasteiger partial charge in [-0.15, -0.1) is 0 Å². The van der Waals surface area contributed by atoms with Crippen molar-refractivity contribution in [1.29, 1.82) is 0 Å². The maximum Gasteiger partial charge on any atom is 0.322 e. The molecule has 1 atom stereocenters. The van der Waals surface area contributed by atoms with Crippen LogP contribution < -0.4 is 10.1 Å². The highest BCUT2D eigenvalue weighted by Gasteiger charge is 2.14. The number of hydrogen-bond acceptors (Lipinski definition) is 4. The minimum atomic E-state index is -0.194. The predicted molar refractivity (Wildman–Crippen MR) is 65.1 cm³/mol. The largest absolute Gasteiger partial charge is 0.481 e. The number of carbonyl (C=O) groups excluding carboxylic acids is 1. The number of anilines is 1. The van der Waals surface area contributed by atoms with Gasteiger partial charge < -0.3 is 9.64 Å². The van der Waals surface area contributed by atoms with Crippen LogP contribution in [0.5, 0.6) is 5.88 Å². The first-order chi connectivity index (χ1) is 8.08. The fourth-order valence-corrected chi connectivity index (χ4v) is 1.19. The first-order valence-electron chi connectivity index (χ1n) is 5.48. The highest BCUT2D eigenvalue weighted by atomic mass is 16.5. The molecular formula is C11H18N4O2. The Morgan fingerprint density at radius 1 is 1.59 bits per heavy atom. The normalized spacial score (nSPS) is 11.8. The summed E-state index contributed by atoms with van der Waals surface area (Å²) in [5.41, 5.74) is 0. The lowest BCUT2D eigenvalue weighted by atomic mass is 10.2. The van der Waals surface area contributed by atoms with E-state index < -0.39 is 0 Å². The molecular weight excluding hydrogens is 220 g/mol. The zero-order valence-corrected chi connectivity index (χ0v) is 10.6. The molecule has 0 radical (unpaired) electrons. The van der Waals surface area contributed by atoms with Crippen LogP contribution in [0.15, 0.2) is 12.4 Å². The number of ether oxygens (including phenoxy) is 1. The third-order valence-electron chi connectivity index (χ3n) is 2.66. The summed E-state index contributed by atoms with van der Waals surface area (Å²) in [5, 5.41) is 2.69. The molecule has 0 aromatic carbocycles. The maximum atomic E-state index is 11.8.